The number of ketones is 1. The molecule has 2 aliphatic heterocycles. The minimum absolute atomic E-state index is 0.0432. The lowest BCUT2D eigenvalue weighted by Crippen LogP contribution is -2.50. The van der Waals surface area contributed by atoms with Crippen LogP contribution in [0.5, 0.6) is 17.2 Å². The van der Waals surface area contributed by atoms with E-state index in [1.165, 1.54) is 17.6 Å². The Hall–Kier alpha value is -2.31. The molecule has 0 unspecified atom stereocenters. The minimum atomic E-state index is -0.172. The molecule has 39 heavy (non-hydrogen) atoms. The number of methoxy groups -OCH3 is 1. The van der Waals surface area contributed by atoms with Gasteiger partial charge < -0.3 is 19.3 Å². The number of aliphatic hydroxyl groups is 1. The maximum Gasteiger partial charge on any atom is 0.231 e. The van der Waals surface area contributed by atoms with Crippen LogP contribution in [0, 0.1) is 28.6 Å². The van der Waals surface area contributed by atoms with Gasteiger partial charge in [-0.15, -0.1) is 0 Å². The zero-order valence-corrected chi connectivity index (χ0v) is 23.9. The molecular formula is C33H43NO5. The van der Waals surface area contributed by atoms with Crippen LogP contribution in [-0.2, 0) is 11.2 Å². The van der Waals surface area contributed by atoms with E-state index in [-0.39, 0.29) is 29.8 Å². The molecule has 2 heterocycles. The molecule has 0 amide bonds. The Kier molecular flexibility index (Phi) is 5.99. The summed E-state index contributed by atoms with van der Waals surface area (Å²) >= 11 is 0. The molecule has 1 aromatic rings. The molecular weight excluding hydrogens is 490 g/mol. The number of nitrogens with zero attached hydrogens (tertiary/aromatic N) is 1. The van der Waals surface area contributed by atoms with Gasteiger partial charge in [0.1, 0.15) is 0 Å². The number of hydrogen-bond donors (Lipinski definition) is 1. The molecule has 6 nitrogen and oxygen atoms in total. The fourth-order valence-electron chi connectivity index (χ4n) is 9.71. The van der Waals surface area contributed by atoms with Crippen molar-refractivity contribution in [2.24, 2.45) is 28.6 Å². The fourth-order valence-corrected chi connectivity index (χ4v) is 9.71. The molecule has 7 atom stereocenters. The second-order valence-corrected chi connectivity index (χ2v) is 13.6. The monoisotopic (exact) mass is 533 g/mol. The molecule has 0 spiro atoms. The highest BCUT2D eigenvalue weighted by molar-refractivity contribution is 5.98. The van der Waals surface area contributed by atoms with Crippen molar-refractivity contribution in [2.75, 3.05) is 27.5 Å². The van der Waals surface area contributed by atoms with Crippen LogP contribution in [0.1, 0.15) is 82.4 Å². The first-order chi connectivity index (χ1) is 18.7. The SMILES string of the molecule is COc1c2c(cc3c1[C@H](CC(=O)C1=CC[C@@H]4[C@@H]5CC=C6C[C@@H](O)CC[C@]6(C)[C@@H]5CC[C@]14C)N(C)CC3)OCO2. The summed E-state index contributed by atoms with van der Waals surface area (Å²) in [6, 6.07) is 2.05. The van der Waals surface area contributed by atoms with E-state index in [1.54, 1.807) is 7.11 Å². The van der Waals surface area contributed by atoms with E-state index < -0.39 is 0 Å². The number of carbonyl (C=O) groups excluding carboxylic acids is 1. The van der Waals surface area contributed by atoms with Crippen molar-refractivity contribution >= 4 is 5.78 Å². The first kappa shape index (κ1) is 25.6. The number of allylic oxidation sites excluding steroid dienone is 3. The number of likely N-dealkylation sites (N-methyl/N-ethyl adjacent to an activating group) is 1. The predicted octanol–water partition coefficient (Wildman–Crippen LogP) is 5.77. The van der Waals surface area contributed by atoms with Crippen LogP contribution < -0.4 is 14.2 Å². The molecule has 6 heteroatoms. The van der Waals surface area contributed by atoms with E-state index in [4.69, 9.17) is 14.2 Å². The average Bonchev–Trinajstić information content (AvgIpc) is 3.53. The van der Waals surface area contributed by atoms with Gasteiger partial charge in [0.25, 0.3) is 0 Å². The van der Waals surface area contributed by atoms with Crippen LogP contribution in [0.2, 0.25) is 0 Å². The van der Waals surface area contributed by atoms with Gasteiger partial charge in [0, 0.05) is 24.6 Å². The van der Waals surface area contributed by atoms with Gasteiger partial charge in [-0.05, 0) is 104 Å². The number of carbonyl (C=O) groups is 1. The molecule has 6 aliphatic rings. The molecule has 7 rings (SSSR count). The van der Waals surface area contributed by atoms with E-state index in [0.717, 1.165) is 74.1 Å². The molecule has 4 aliphatic carbocycles. The van der Waals surface area contributed by atoms with Crippen LogP contribution in [0.15, 0.2) is 29.4 Å². The Labute approximate surface area is 232 Å². The molecule has 210 valence electrons. The van der Waals surface area contributed by atoms with Gasteiger partial charge in [0.2, 0.25) is 12.5 Å². The Bertz CT molecular complexity index is 1270. The maximum absolute atomic E-state index is 14.2. The van der Waals surface area contributed by atoms with Crippen LogP contribution in [-0.4, -0.2) is 49.4 Å². The normalized spacial score (nSPS) is 38.6. The largest absolute Gasteiger partial charge is 0.492 e. The molecule has 0 saturated heterocycles. The molecule has 2 fully saturated rings. The zero-order valence-electron chi connectivity index (χ0n) is 23.9. The van der Waals surface area contributed by atoms with Crippen molar-refractivity contribution in [3.05, 3.63) is 40.5 Å². The van der Waals surface area contributed by atoms with Crippen LogP contribution in [0.25, 0.3) is 0 Å². The number of Topliss-reactive ketones (excluding diaryl/α,β-unsaturated/α-hetero) is 1. The Balaban J connectivity index is 1.15. The van der Waals surface area contributed by atoms with Gasteiger partial charge in [-0.3, -0.25) is 9.69 Å². The van der Waals surface area contributed by atoms with E-state index in [1.807, 2.05) is 0 Å². The summed E-state index contributed by atoms with van der Waals surface area (Å²) in [7, 11) is 3.81. The van der Waals surface area contributed by atoms with Gasteiger partial charge >= 0.3 is 0 Å². The van der Waals surface area contributed by atoms with Crippen LogP contribution in [0.4, 0.5) is 0 Å². The molecule has 0 bridgehead atoms. The summed E-state index contributed by atoms with van der Waals surface area (Å²) in [4.78, 5) is 16.5. The van der Waals surface area contributed by atoms with Crippen molar-refractivity contribution in [2.45, 2.75) is 83.8 Å². The summed E-state index contributed by atoms with van der Waals surface area (Å²) in [6.07, 6.45) is 13.2. The third kappa shape index (κ3) is 3.70. The second kappa shape index (κ2) is 9.10. The molecule has 1 N–H and O–H groups in total. The quantitative estimate of drug-likeness (QED) is 0.496. The topological polar surface area (TPSA) is 68.2 Å². The number of fused-ring (bicyclic) bond motifs is 7. The van der Waals surface area contributed by atoms with Crippen molar-refractivity contribution < 1.29 is 24.1 Å². The minimum Gasteiger partial charge on any atom is -0.492 e. The van der Waals surface area contributed by atoms with Gasteiger partial charge in [-0.2, -0.15) is 0 Å². The van der Waals surface area contributed by atoms with E-state index in [0.29, 0.717) is 35.7 Å². The average molecular weight is 534 g/mol. The van der Waals surface area contributed by atoms with Crippen molar-refractivity contribution in [3.63, 3.8) is 0 Å². The Morgan fingerprint density at radius 1 is 1.13 bits per heavy atom. The van der Waals surface area contributed by atoms with Gasteiger partial charge in [0.05, 0.1) is 13.2 Å². The highest BCUT2D eigenvalue weighted by Gasteiger charge is 2.57. The van der Waals surface area contributed by atoms with Crippen LogP contribution >= 0.6 is 0 Å². The lowest BCUT2D eigenvalue weighted by Gasteiger charge is -2.57. The third-order valence-electron chi connectivity index (χ3n) is 11.9. The molecule has 0 radical (unpaired) electrons. The third-order valence-corrected chi connectivity index (χ3v) is 11.9. The Morgan fingerprint density at radius 3 is 2.77 bits per heavy atom. The van der Waals surface area contributed by atoms with Crippen molar-refractivity contribution in [3.8, 4) is 17.2 Å². The number of hydrogen-bond acceptors (Lipinski definition) is 6. The predicted molar refractivity (Wildman–Crippen MR) is 149 cm³/mol. The highest BCUT2D eigenvalue weighted by atomic mass is 16.7. The lowest BCUT2D eigenvalue weighted by atomic mass is 9.47. The number of rotatable bonds is 4. The zero-order chi connectivity index (χ0) is 27.1. The molecule has 1 aromatic carbocycles. The smallest absolute Gasteiger partial charge is 0.231 e. The molecule has 2 saturated carbocycles. The number of benzene rings is 1. The maximum atomic E-state index is 14.2. The van der Waals surface area contributed by atoms with E-state index >= 15 is 0 Å². The summed E-state index contributed by atoms with van der Waals surface area (Å²) in [5.74, 6) is 4.24. The van der Waals surface area contributed by atoms with Gasteiger partial charge in [0.15, 0.2) is 17.3 Å². The summed E-state index contributed by atoms with van der Waals surface area (Å²) in [6.45, 7) is 5.96. The van der Waals surface area contributed by atoms with Crippen molar-refractivity contribution in [1.29, 1.82) is 0 Å². The number of aliphatic hydroxyl groups excluding tert-OH is 1. The lowest BCUT2D eigenvalue weighted by molar-refractivity contribution is -0.119. The van der Waals surface area contributed by atoms with E-state index in [2.05, 4.69) is 44.0 Å². The first-order valence-electron chi connectivity index (χ1n) is 15.1. The first-order valence-corrected chi connectivity index (χ1v) is 15.1. The summed E-state index contributed by atoms with van der Waals surface area (Å²) in [5, 5.41) is 10.3. The Morgan fingerprint density at radius 2 is 1.95 bits per heavy atom. The van der Waals surface area contributed by atoms with Gasteiger partial charge in [-0.1, -0.05) is 31.6 Å². The van der Waals surface area contributed by atoms with Crippen molar-refractivity contribution in [1.82, 2.24) is 4.90 Å². The summed E-state index contributed by atoms with van der Waals surface area (Å²) in [5.41, 5.74) is 5.03. The van der Waals surface area contributed by atoms with E-state index in [9.17, 15) is 9.90 Å². The standard InChI is InChI=1S/C33H43NO5/c1-32-12-9-21(35)16-20(32)5-6-22-23-7-8-25(33(23,2)13-10-24(22)32)27(36)17-26-29-19(11-14-34(26)3)15-28-30(31(29)37-4)39-18-38-28/h5,8,15,21-24,26,35H,6-7,9-14,16-18H2,1-4H3/t21-,22-,23+,24+,26-,32-,33-/m0/s1. The number of ether oxygens (including phenoxy) is 3. The van der Waals surface area contributed by atoms with Crippen LogP contribution in [0.3, 0.4) is 0 Å². The molecule has 0 aromatic heterocycles. The summed E-state index contributed by atoms with van der Waals surface area (Å²) < 4.78 is 17.4. The second-order valence-electron chi connectivity index (χ2n) is 13.6. The van der Waals surface area contributed by atoms with Gasteiger partial charge in [-0.25, -0.2) is 0 Å². The highest BCUT2D eigenvalue weighted by Crippen LogP contribution is 2.65. The fraction of sp³-hybridized carbons (Fsp3) is 0.667.